The second-order valence-corrected chi connectivity index (χ2v) is 9.54. The number of amides is 1. The quantitative estimate of drug-likeness (QED) is 0.565. The van der Waals surface area contributed by atoms with Gasteiger partial charge in [0.1, 0.15) is 11.7 Å². The molecule has 1 fully saturated rings. The van der Waals surface area contributed by atoms with Gasteiger partial charge in [0.15, 0.2) is 0 Å². The maximum atomic E-state index is 12.5. The number of pyridine rings is 1. The smallest absolute Gasteiger partial charge is 0.410 e. The Morgan fingerprint density at radius 2 is 2.06 bits per heavy atom. The molecule has 0 bridgehead atoms. The summed E-state index contributed by atoms with van der Waals surface area (Å²) in [5, 5.41) is 18.3. The molecule has 0 saturated carbocycles. The van der Waals surface area contributed by atoms with Gasteiger partial charge in [0.05, 0.1) is 29.5 Å². The van der Waals surface area contributed by atoms with Crippen molar-refractivity contribution >= 4 is 23.4 Å². The molecule has 9 heteroatoms. The van der Waals surface area contributed by atoms with Crippen LogP contribution in [0.2, 0.25) is 0 Å². The zero-order valence-electron chi connectivity index (χ0n) is 18.2. The normalized spacial score (nSPS) is 17.0. The molecule has 3 aromatic heterocycles. The zero-order chi connectivity index (χ0) is 22.2. The third-order valence-electron chi connectivity index (χ3n) is 5.27. The molecular weight excluding hydrogens is 412 g/mol. The first-order chi connectivity index (χ1) is 14.8. The molecule has 1 aliphatic rings. The molecule has 0 aliphatic carbocycles. The fourth-order valence-corrected chi connectivity index (χ4v) is 4.47. The standard InChI is InChI=1S/C22H26N6O2S/c1-22(2,3)30-21(29)26-7-5-6-18(14-26)27-13-17(11-24-27)15-8-19(31-4)20-16(9-23)10-25-28(20)12-15/h8,10-13,18H,5-7,14H2,1-4H3. The van der Waals surface area contributed by atoms with Crippen molar-refractivity contribution < 1.29 is 9.53 Å². The molecule has 4 heterocycles. The molecule has 31 heavy (non-hydrogen) atoms. The first-order valence-electron chi connectivity index (χ1n) is 10.3. The molecule has 1 unspecified atom stereocenters. The second kappa shape index (κ2) is 8.27. The number of likely N-dealkylation sites (tertiary alicyclic amines) is 1. The van der Waals surface area contributed by atoms with Gasteiger partial charge in [0.25, 0.3) is 0 Å². The van der Waals surface area contributed by atoms with Gasteiger partial charge in [-0.2, -0.15) is 15.5 Å². The van der Waals surface area contributed by atoms with E-state index in [0.717, 1.165) is 34.4 Å². The monoisotopic (exact) mass is 438 g/mol. The molecule has 0 aromatic carbocycles. The number of hydrogen-bond acceptors (Lipinski definition) is 6. The summed E-state index contributed by atoms with van der Waals surface area (Å²) in [6.07, 6.45) is 11.0. The first-order valence-corrected chi connectivity index (χ1v) is 11.5. The van der Waals surface area contributed by atoms with Crippen molar-refractivity contribution in [1.82, 2.24) is 24.3 Å². The third-order valence-corrected chi connectivity index (χ3v) is 6.03. The van der Waals surface area contributed by atoms with Crippen molar-refractivity contribution in [2.45, 2.75) is 50.2 Å². The maximum Gasteiger partial charge on any atom is 0.410 e. The number of aromatic nitrogens is 4. The fourth-order valence-electron chi connectivity index (χ4n) is 3.83. The molecule has 0 spiro atoms. The van der Waals surface area contributed by atoms with Crippen LogP contribution >= 0.6 is 11.8 Å². The summed E-state index contributed by atoms with van der Waals surface area (Å²) in [4.78, 5) is 15.2. The molecule has 1 saturated heterocycles. The number of carbonyl (C=O) groups excluding carboxylic acids is 1. The number of nitrogens with zero attached hydrogens (tertiary/aromatic N) is 6. The number of rotatable bonds is 3. The van der Waals surface area contributed by atoms with E-state index in [0.29, 0.717) is 18.7 Å². The lowest BCUT2D eigenvalue weighted by Crippen LogP contribution is -2.43. The summed E-state index contributed by atoms with van der Waals surface area (Å²) in [6, 6.07) is 4.38. The summed E-state index contributed by atoms with van der Waals surface area (Å²) < 4.78 is 9.23. The van der Waals surface area contributed by atoms with Gasteiger partial charge in [0, 0.05) is 41.5 Å². The highest BCUT2D eigenvalue weighted by Crippen LogP contribution is 2.31. The van der Waals surface area contributed by atoms with E-state index in [4.69, 9.17) is 4.74 Å². The molecule has 1 amide bonds. The van der Waals surface area contributed by atoms with Crippen LogP contribution in [-0.4, -0.2) is 55.3 Å². The number of fused-ring (bicyclic) bond motifs is 1. The molecule has 4 rings (SSSR count). The summed E-state index contributed by atoms with van der Waals surface area (Å²) in [7, 11) is 0. The molecule has 8 nitrogen and oxygen atoms in total. The summed E-state index contributed by atoms with van der Waals surface area (Å²) in [5.74, 6) is 0. The highest BCUT2D eigenvalue weighted by molar-refractivity contribution is 7.98. The van der Waals surface area contributed by atoms with E-state index in [2.05, 4.69) is 22.3 Å². The minimum absolute atomic E-state index is 0.105. The predicted octanol–water partition coefficient (Wildman–Crippen LogP) is 4.36. The van der Waals surface area contributed by atoms with Gasteiger partial charge >= 0.3 is 6.09 Å². The van der Waals surface area contributed by atoms with E-state index in [1.54, 1.807) is 27.4 Å². The van der Waals surface area contributed by atoms with Gasteiger partial charge in [-0.3, -0.25) is 4.68 Å². The van der Waals surface area contributed by atoms with Gasteiger partial charge < -0.3 is 9.64 Å². The van der Waals surface area contributed by atoms with Crippen molar-refractivity contribution in [1.29, 1.82) is 5.26 Å². The summed E-state index contributed by atoms with van der Waals surface area (Å²) >= 11 is 1.59. The fraction of sp³-hybridized carbons (Fsp3) is 0.455. The first kappa shape index (κ1) is 21.2. The van der Waals surface area contributed by atoms with Crippen LogP contribution in [0.25, 0.3) is 16.6 Å². The highest BCUT2D eigenvalue weighted by Gasteiger charge is 2.29. The van der Waals surface area contributed by atoms with Crippen LogP contribution < -0.4 is 0 Å². The van der Waals surface area contributed by atoms with Gasteiger partial charge in [-0.15, -0.1) is 11.8 Å². The van der Waals surface area contributed by atoms with E-state index < -0.39 is 5.60 Å². The lowest BCUT2D eigenvalue weighted by Gasteiger charge is -2.34. The Kier molecular flexibility index (Phi) is 5.67. The van der Waals surface area contributed by atoms with Gasteiger partial charge in [-0.05, 0) is 45.9 Å². The van der Waals surface area contributed by atoms with Crippen LogP contribution in [0.1, 0.15) is 45.2 Å². The van der Waals surface area contributed by atoms with E-state index in [1.807, 2.05) is 50.3 Å². The van der Waals surface area contributed by atoms with E-state index in [1.165, 1.54) is 0 Å². The Morgan fingerprint density at radius 3 is 2.77 bits per heavy atom. The highest BCUT2D eigenvalue weighted by atomic mass is 32.2. The van der Waals surface area contributed by atoms with Crippen molar-refractivity contribution in [2.75, 3.05) is 19.3 Å². The Labute approximate surface area is 185 Å². The number of nitriles is 1. The SMILES string of the molecule is CSc1cc(-c2cnn(C3CCCN(C(=O)OC(C)(C)C)C3)c2)cn2ncc(C#N)c12. The van der Waals surface area contributed by atoms with Crippen LogP contribution in [0.5, 0.6) is 0 Å². The molecule has 0 N–H and O–H groups in total. The van der Waals surface area contributed by atoms with Crippen LogP contribution in [0.3, 0.4) is 0 Å². The lowest BCUT2D eigenvalue weighted by molar-refractivity contribution is 0.0167. The molecule has 162 valence electrons. The molecule has 3 aromatic rings. The third kappa shape index (κ3) is 4.39. The van der Waals surface area contributed by atoms with Crippen LogP contribution in [0, 0.1) is 11.3 Å². The summed E-state index contributed by atoms with van der Waals surface area (Å²) in [5.41, 5.74) is 2.84. The van der Waals surface area contributed by atoms with Crippen molar-refractivity contribution in [3.63, 3.8) is 0 Å². The minimum atomic E-state index is -0.506. The van der Waals surface area contributed by atoms with Gasteiger partial charge in [-0.1, -0.05) is 0 Å². The number of hydrogen-bond donors (Lipinski definition) is 0. The van der Waals surface area contributed by atoms with E-state index >= 15 is 0 Å². The van der Waals surface area contributed by atoms with Gasteiger partial charge in [0.2, 0.25) is 0 Å². The molecule has 0 radical (unpaired) electrons. The number of thioether (sulfide) groups is 1. The zero-order valence-corrected chi connectivity index (χ0v) is 19.0. The lowest BCUT2D eigenvalue weighted by atomic mass is 10.1. The average molecular weight is 439 g/mol. The topological polar surface area (TPSA) is 88.4 Å². The predicted molar refractivity (Wildman–Crippen MR) is 119 cm³/mol. The van der Waals surface area contributed by atoms with E-state index in [9.17, 15) is 10.1 Å². The minimum Gasteiger partial charge on any atom is -0.444 e. The largest absolute Gasteiger partial charge is 0.444 e. The summed E-state index contributed by atoms with van der Waals surface area (Å²) in [6.45, 7) is 6.92. The average Bonchev–Trinajstić information content (AvgIpc) is 3.39. The number of piperidine rings is 1. The molecular formula is C22H26N6O2S. The van der Waals surface area contributed by atoms with Crippen molar-refractivity contribution in [3.05, 3.63) is 36.4 Å². The molecule has 1 aliphatic heterocycles. The van der Waals surface area contributed by atoms with Gasteiger partial charge in [-0.25, -0.2) is 9.31 Å². The molecule has 1 atom stereocenters. The Bertz CT molecular complexity index is 1150. The van der Waals surface area contributed by atoms with Crippen molar-refractivity contribution in [2.24, 2.45) is 0 Å². The van der Waals surface area contributed by atoms with Crippen molar-refractivity contribution in [3.8, 4) is 17.2 Å². The van der Waals surface area contributed by atoms with Crippen LogP contribution in [0.15, 0.2) is 35.7 Å². The maximum absolute atomic E-state index is 12.5. The Hall–Kier alpha value is -2.99. The Morgan fingerprint density at radius 1 is 1.26 bits per heavy atom. The van der Waals surface area contributed by atoms with Crippen LogP contribution in [0.4, 0.5) is 4.79 Å². The number of ether oxygens (including phenoxy) is 1. The second-order valence-electron chi connectivity index (χ2n) is 8.69. The Balaban J connectivity index is 1.57. The van der Waals surface area contributed by atoms with Crippen LogP contribution in [-0.2, 0) is 4.74 Å². The number of carbonyl (C=O) groups is 1. The van der Waals surface area contributed by atoms with E-state index in [-0.39, 0.29) is 12.1 Å².